The van der Waals surface area contributed by atoms with Crippen LogP contribution in [0.1, 0.15) is 36.8 Å². The molecular formula is C15H20N2O3. The van der Waals surface area contributed by atoms with Crippen LogP contribution < -0.4 is 10.6 Å². The van der Waals surface area contributed by atoms with Gasteiger partial charge in [0.2, 0.25) is 0 Å². The third-order valence-corrected chi connectivity index (χ3v) is 3.82. The van der Waals surface area contributed by atoms with Gasteiger partial charge in [0.15, 0.2) is 0 Å². The maximum atomic E-state index is 12.1. The number of carboxylic acids is 1. The number of nitrogens with one attached hydrogen (secondary N) is 2. The van der Waals surface area contributed by atoms with Crippen molar-refractivity contribution in [3.8, 4) is 0 Å². The third-order valence-electron chi connectivity index (χ3n) is 3.82. The number of urea groups is 1. The van der Waals surface area contributed by atoms with Crippen molar-refractivity contribution in [1.29, 1.82) is 0 Å². The van der Waals surface area contributed by atoms with Crippen LogP contribution in [0.2, 0.25) is 0 Å². The fourth-order valence-corrected chi connectivity index (χ4v) is 2.50. The molecule has 5 heteroatoms. The van der Waals surface area contributed by atoms with E-state index in [0.29, 0.717) is 0 Å². The molecule has 2 rings (SSSR count). The zero-order valence-corrected chi connectivity index (χ0v) is 11.8. The lowest BCUT2D eigenvalue weighted by Gasteiger charge is -2.41. The number of anilines is 1. The molecule has 1 aliphatic carbocycles. The molecule has 1 fully saturated rings. The molecule has 1 aromatic carbocycles. The van der Waals surface area contributed by atoms with Gasteiger partial charge in [-0.2, -0.15) is 0 Å². The standard InChI is InChI=1S/C15H20N2O3/c1-10-4-5-11(2)12(8-10)16-14(20)17-15(6-3-7-15)9-13(18)19/h4-5,8H,3,6-7,9H2,1-2H3,(H,18,19)(H2,16,17,20). The van der Waals surface area contributed by atoms with Crippen molar-refractivity contribution in [2.45, 2.75) is 45.1 Å². The van der Waals surface area contributed by atoms with Crippen molar-refractivity contribution >= 4 is 17.7 Å². The van der Waals surface area contributed by atoms with Gasteiger partial charge in [-0.15, -0.1) is 0 Å². The maximum Gasteiger partial charge on any atom is 0.319 e. The minimum absolute atomic E-state index is 0.0206. The van der Waals surface area contributed by atoms with Crippen LogP contribution in [0.5, 0.6) is 0 Å². The Kier molecular flexibility index (Phi) is 3.97. The number of benzene rings is 1. The largest absolute Gasteiger partial charge is 0.481 e. The van der Waals surface area contributed by atoms with E-state index in [1.54, 1.807) is 0 Å². The smallest absolute Gasteiger partial charge is 0.319 e. The van der Waals surface area contributed by atoms with Gasteiger partial charge in [-0.05, 0) is 50.3 Å². The van der Waals surface area contributed by atoms with Crippen LogP contribution in [0.25, 0.3) is 0 Å². The second-order valence-electron chi connectivity index (χ2n) is 5.60. The number of carbonyl (C=O) groups excluding carboxylic acids is 1. The first kappa shape index (κ1) is 14.4. The van der Waals surface area contributed by atoms with Crippen molar-refractivity contribution in [3.63, 3.8) is 0 Å². The van der Waals surface area contributed by atoms with Gasteiger partial charge in [0.25, 0.3) is 0 Å². The highest BCUT2D eigenvalue weighted by Crippen LogP contribution is 2.35. The zero-order valence-electron chi connectivity index (χ0n) is 11.8. The highest BCUT2D eigenvalue weighted by molar-refractivity contribution is 5.91. The van der Waals surface area contributed by atoms with Gasteiger partial charge in [0.05, 0.1) is 12.0 Å². The number of aliphatic carboxylic acids is 1. The van der Waals surface area contributed by atoms with E-state index < -0.39 is 11.5 Å². The van der Waals surface area contributed by atoms with E-state index in [2.05, 4.69) is 10.6 Å². The number of hydrogen-bond acceptors (Lipinski definition) is 2. The lowest BCUT2D eigenvalue weighted by atomic mass is 9.74. The summed E-state index contributed by atoms with van der Waals surface area (Å²) in [6.07, 6.45) is 2.38. The van der Waals surface area contributed by atoms with Gasteiger partial charge >= 0.3 is 12.0 Å². The van der Waals surface area contributed by atoms with Crippen LogP contribution in [0.15, 0.2) is 18.2 Å². The molecule has 1 saturated carbocycles. The lowest BCUT2D eigenvalue weighted by Crippen LogP contribution is -2.55. The Labute approximate surface area is 118 Å². The third kappa shape index (κ3) is 3.29. The lowest BCUT2D eigenvalue weighted by molar-refractivity contribution is -0.139. The minimum Gasteiger partial charge on any atom is -0.481 e. The maximum absolute atomic E-state index is 12.1. The van der Waals surface area contributed by atoms with E-state index in [1.807, 2.05) is 32.0 Å². The molecule has 0 bridgehead atoms. The molecule has 108 valence electrons. The second kappa shape index (κ2) is 5.53. The Bertz CT molecular complexity index is 536. The molecule has 3 N–H and O–H groups in total. The van der Waals surface area contributed by atoms with Crippen LogP contribution in [0.4, 0.5) is 10.5 Å². The normalized spacial score (nSPS) is 16.1. The number of hydrogen-bond donors (Lipinski definition) is 3. The summed E-state index contributed by atoms with van der Waals surface area (Å²) in [5, 5.41) is 14.6. The Morgan fingerprint density at radius 3 is 2.55 bits per heavy atom. The summed E-state index contributed by atoms with van der Waals surface area (Å²) in [6, 6.07) is 5.50. The van der Waals surface area contributed by atoms with E-state index in [-0.39, 0.29) is 12.5 Å². The molecular weight excluding hydrogens is 256 g/mol. The molecule has 0 spiro atoms. The predicted octanol–water partition coefficient (Wildman–Crippen LogP) is 2.82. The predicted molar refractivity (Wildman–Crippen MR) is 76.9 cm³/mol. The van der Waals surface area contributed by atoms with Crippen molar-refractivity contribution in [2.24, 2.45) is 0 Å². The summed E-state index contributed by atoms with van der Waals surface area (Å²) in [6.45, 7) is 3.88. The van der Waals surface area contributed by atoms with E-state index in [9.17, 15) is 9.59 Å². The summed E-state index contributed by atoms with van der Waals surface area (Å²) < 4.78 is 0. The van der Waals surface area contributed by atoms with Crippen molar-refractivity contribution in [1.82, 2.24) is 5.32 Å². The summed E-state index contributed by atoms with van der Waals surface area (Å²) in [5.41, 5.74) is 2.22. The Balaban J connectivity index is 2.01. The highest BCUT2D eigenvalue weighted by atomic mass is 16.4. The fourth-order valence-electron chi connectivity index (χ4n) is 2.50. The van der Waals surface area contributed by atoms with Gasteiger partial charge in [0.1, 0.15) is 0 Å². The van der Waals surface area contributed by atoms with Crippen molar-refractivity contribution in [2.75, 3.05) is 5.32 Å². The average Bonchev–Trinajstić information content (AvgIpc) is 2.30. The van der Waals surface area contributed by atoms with Crippen LogP contribution in [0.3, 0.4) is 0 Å². The second-order valence-corrected chi connectivity index (χ2v) is 5.60. The first-order chi connectivity index (χ1) is 9.40. The molecule has 0 heterocycles. The minimum atomic E-state index is -0.878. The fraction of sp³-hybridized carbons (Fsp3) is 0.467. The molecule has 0 atom stereocenters. The zero-order chi connectivity index (χ0) is 14.8. The van der Waals surface area contributed by atoms with E-state index in [4.69, 9.17) is 5.11 Å². The number of carboxylic acid groups (broad SMARTS) is 1. The van der Waals surface area contributed by atoms with Gasteiger partial charge in [-0.3, -0.25) is 4.79 Å². The summed E-state index contributed by atoms with van der Waals surface area (Å²) >= 11 is 0. The highest BCUT2D eigenvalue weighted by Gasteiger charge is 2.40. The van der Waals surface area contributed by atoms with Crippen molar-refractivity contribution < 1.29 is 14.7 Å². The molecule has 0 aromatic heterocycles. The Morgan fingerprint density at radius 1 is 1.30 bits per heavy atom. The molecule has 20 heavy (non-hydrogen) atoms. The molecule has 0 unspecified atom stereocenters. The number of aryl methyl sites for hydroxylation is 2. The summed E-state index contributed by atoms with van der Waals surface area (Å²) in [7, 11) is 0. The van der Waals surface area contributed by atoms with Crippen molar-refractivity contribution in [3.05, 3.63) is 29.3 Å². The van der Waals surface area contributed by atoms with Crippen LogP contribution in [-0.2, 0) is 4.79 Å². The van der Waals surface area contributed by atoms with Gasteiger partial charge in [0, 0.05) is 5.69 Å². The Morgan fingerprint density at radius 2 is 2.00 bits per heavy atom. The van der Waals surface area contributed by atoms with Crippen LogP contribution in [0, 0.1) is 13.8 Å². The number of amides is 2. The van der Waals surface area contributed by atoms with E-state index in [0.717, 1.165) is 36.1 Å². The molecule has 0 saturated heterocycles. The first-order valence-electron chi connectivity index (χ1n) is 6.78. The molecule has 2 amide bonds. The van der Waals surface area contributed by atoms with E-state index >= 15 is 0 Å². The van der Waals surface area contributed by atoms with Gasteiger partial charge < -0.3 is 15.7 Å². The summed E-state index contributed by atoms with van der Waals surface area (Å²) in [5.74, 6) is -0.878. The van der Waals surface area contributed by atoms with Crippen LogP contribution in [-0.4, -0.2) is 22.6 Å². The molecule has 1 aliphatic rings. The monoisotopic (exact) mass is 276 g/mol. The first-order valence-corrected chi connectivity index (χ1v) is 6.78. The SMILES string of the molecule is Cc1ccc(C)c(NC(=O)NC2(CC(=O)O)CCC2)c1. The van der Waals surface area contributed by atoms with Gasteiger partial charge in [-0.1, -0.05) is 12.1 Å². The molecule has 0 radical (unpaired) electrons. The summed E-state index contributed by atoms with van der Waals surface area (Å²) in [4.78, 5) is 22.9. The Hall–Kier alpha value is -2.04. The number of carbonyl (C=O) groups is 2. The van der Waals surface area contributed by atoms with Crippen LogP contribution >= 0.6 is 0 Å². The quantitative estimate of drug-likeness (QED) is 0.791. The average molecular weight is 276 g/mol. The molecule has 1 aromatic rings. The topological polar surface area (TPSA) is 78.4 Å². The van der Waals surface area contributed by atoms with Gasteiger partial charge in [-0.25, -0.2) is 4.79 Å². The van der Waals surface area contributed by atoms with E-state index in [1.165, 1.54) is 0 Å². The molecule has 5 nitrogen and oxygen atoms in total. The number of rotatable bonds is 4. The molecule has 0 aliphatic heterocycles.